The Hall–Kier alpha value is -2.38. The molecule has 6 nitrogen and oxygen atoms in total. The highest BCUT2D eigenvalue weighted by Gasteiger charge is 2.22. The predicted octanol–water partition coefficient (Wildman–Crippen LogP) is 2.66. The fraction of sp³-hybridized carbons (Fsp3) is 0.278. The van der Waals surface area contributed by atoms with Gasteiger partial charge in [-0.25, -0.2) is 13.1 Å². The molecule has 0 saturated heterocycles. The summed E-state index contributed by atoms with van der Waals surface area (Å²) in [5.74, 6) is -0.108. The largest absolute Gasteiger partial charge is 0.495 e. The first-order chi connectivity index (χ1) is 11.9. The molecule has 2 rings (SSSR count). The number of amides is 1. The molecular weight excluding hydrogens is 340 g/mol. The van der Waals surface area contributed by atoms with Crippen molar-refractivity contribution in [1.82, 2.24) is 4.72 Å². The van der Waals surface area contributed by atoms with Gasteiger partial charge in [-0.05, 0) is 36.8 Å². The van der Waals surface area contributed by atoms with Crippen LogP contribution in [0.4, 0.5) is 5.69 Å². The van der Waals surface area contributed by atoms with Crippen LogP contribution in [-0.2, 0) is 10.0 Å². The maximum atomic E-state index is 12.7. The van der Waals surface area contributed by atoms with Gasteiger partial charge in [-0.1, -0.05) is 25.1 Å². The van der Waals surface area contributed by atoms with Gasteiger partial charge in [-0.3, -0.25) is 4.79 Å². The van der Waals surface area contributed by atoms with Crippen LogP contribution in [0.25, 0.3) is 0 Å². The lowest BCUT2D eigenvalue weighted by atomic mass is 10.2. The number of carbonyl (C=O) groups is 1. The van der Waals surface area contributed by atoms with E-state index in [1.807, 2.05) is 37.3 Å². The van der Waals surface area contributed by atoms with Crippen molar-refractivity contribution in [2.75, 3.05) is 25.6 Å². The normalized spacial score (nSPS) is 11.2. The Morgan fingerprint density at radius 3 is 2.44 bits per heavy atom. The van der Waals surface area contributed by atoms with Crippen molar-refractivity contribution in [1.29, 1.82) is 0 Å². The maximum Gasteiger partial charge on any atom is 0.258 e. The van der Waals surface area contributed by atoms with E-state index in [1.165, 1.54) is 24.1 Å². The summed E-state index contributed by atoms with van der Waals surface area (Å²) in [6.07, 6.45) is 0.664. The molecule has 2 aromatic carbocycles. The molecule has 25 heavy (non-hydrogen) atoms. The summed E-state index contributed by atoms with van der Waals surface area (Å²) in [5, 5.41) is 0. The number of para-hydroxylation sites is 1. The van der Waals surface area contributed by atoms with Crippen LogP contribution >= 0.6 is 0 Å². The van der Waals surface area contributed by atoms with Crippen LogP contribution < -0.4 is 14.4 Å². The minimum absolute atomic E-state index is 0.0456. The molecule has 1 amide bonds. The van der Waals surface area contributed by atoms with E-state index < -0.39 is 10.0 Å². The molecule has 0 aliphatic rings. The van der Waals surface area contributed by atoms with Crippen LogP contribution in [0.5, 0.6) is 5.75 Å². The first kappa shape index (κ1) is 19.0. The van der Waals surface area contributed by atoms with Crippen molar-refractivity contribution in [3.05, 3.63) is 54.1 Å². The number of methoxy groups -OCH3 is 1. The summed E-state index contributed by atoms with van der Waals surface area (Å²) >= 11 is 0. The number of nitrogens with zero attached hydrogens (tertiary/aromatic N) is 1. The van der Waals surface area contributed by atoms with Gasteiger partial charge in [0.2, 0.25) is 10.0 Å². The van der Waals surface area contributed by atoms with E-state index in [0.717, 1.165) is 5.69 Å². The lowest BCUT2D eigenvalue weighted by Crippen LogP contribution is -2.28. The molecule has 7 heteroatoms. The van der Waals surface area contributed by atoms with Crippen molar-refractivity contribution < 1.29 is 17.9 Å². The number of carbonyl (C=O) groups excluding carboxylic acids is 1. The summed E-state index contributed by atoms with van der Waals surface area (Å²) in [5.41, 5.74) is 0.987. The minimum atomic E-state index is -3.76. The Bertz CT molecular complexity index is 835. The first-order valence-corrected chi connectivity index (χ1v) is 9.40. The van der Waals surface area contributed by atoms with E-state index >= 15 is 0 Å². The lowest BCUT2D eigenvalue weighted by molar-refractivity contribution is 0.0992. The summed E-state index contributed by atoms with van der Waals surface area (Å²) in [6, 6.07) is 13.5. The Morgan fingerprint density at radius 1 is 1.16 bits per heavy atom. The molecule has 0 aromatic heterocycles. The minimum Gasteiger partial charge on any atom is -0.495 e. The summed E-state index contributed by atoms with van der Waals surface area (Å²) in [4.78, 5) is 14.1. The molecule has 0 bridgehead atoms. The molecule has 0 radical (unpaired) electrons. The molecule has 0 saturated carbocycles. The number of anilines is 1. The van der Waals surface area contributed by atoms with Gasteiger partial charge >= 0.3 is 0 Å². The van der Waals surface area contributed by atoms with E-state index in [1.54, 1.807) is 13.1 Å². The number of hydrogen-bond donors (Lipinski definition) is 1. The molecule has 2 aromatic rings. The molecule has 1 N–H and O–H groups in total. The van der Waals surface area contributed by atoms with Gasteiger partial charge in [0, 0.05) is 24.8 Å². The Morgan fingerprint density at radius 2 is 1.84 bits per heavy atom. The maximum absolute atomic E-state index is 12.7. The second-order valence-corrected chi connectivity index (χ2v) is 7.20. The highest BCUT2D eigenvalue weighted by Crippen LogP contribution is 2.26. The monoisotopic (exact) mass is 362 g/mol. The van der Waals surface area contributed by atoms with Crippen LogP contribution in [-0.4, -0.2) is 35.0 Å². The smallest absolute Gasteiger partial charge is 0.258 e. The molecule has 0 atom stereocenters. The van der Waals surface area contributed by atoms with E-state index in [4.69, 9.17) is 4.74 Å². The van der Waals surface area contributed by atoms with Crippen LogP contribution in [0.2, 0.25) is 0 Å². The Kier molecular flexibility index (Phi) is 6.17. The fourth-order valence-electron chi connectivity index (χ4n) is 2.30. The number of ether oxygens (including phenoxy) is 1. The third-order valence-electron chi connectivity index (χ3n) is 3.69. The molecule has 0 aliphatic heterocycles. The molecule has 0 fully saturated rings. The van der Waals surface area contributed by atoms with Gasteiger partial charge in [0.1, 0.15) is 10.6 Å². The van der Waals surface area contributed by atoms with Gasteiger partial charge in [-0.2, -0.15) is 0 Å². The molecule has 0 spiro atoms. The van der Waals surface area contributed by atoms with Gasteiger partial charge in [-0.15, -0.1) is 0 Å². The predicted molar refractivity (Wildman–Crippen MR) is 97.6 cm³/mol. The fourth-order valence-corrected chi connectivity index (χ4v) is 3.62. The first-order valence-electron chi connectivity index (χ1n) is 7.91. The Labute approximate surface area is 148 Å². The highest BCUT2D eigenvalue weighted by molar-refractivity contribution is 7.89. The van der Waals surface area contributed by atoms with Crippen LogP contribution in [0, 0.1) is 0 Å². The summed E-state index contributed by atoms with van der Waals surface area (Å²) in [7, 11) is -0.718. The third kappa shape index (κ3) is 4.37. The number of rotatable bonds is 7. The zero-order valence-electron chi connectivity index (χ0n) is 14.5. The molecule has 0 heterocycles. The number of sulfonamides is 1. The molecule has 0 unspecified atom stereocenters. The lowest BCUT2D eigenvalue weighted by Gasteiger charge is -2.18. The van der Waals surface area contributed by atoms with Crippen molar-refractivity contribution in [2.24, 2.45) is 0 Å². The average molecular weight is 362 g/mol. The Balaban J connectivity index is 2.40. The number of benzene rings is 2. The summed E-state index contributed by atoms with van der Waals surface area (Å²) < 4.78 is 32.6. The van der Waals surface area contributed by atoms with Gasteiger partial charge < -0.3 is 9.64 Å². The van der Waals surface area contributed by atoms with Crippen LogP contribution in [0.1, 0.15) is 23.7 Å². The van der Waals surface area contributed by atoms with E-state index in [2.05, 4.69) is 4.72 Å². The van der Waals surface area contributed by atoms with E-state index in [0.29, 0.717) is 13.0 Å². The second-order valence-electron chi connectivity index (χ2n) is 5.46. The quantitative estimate of drug-likeness (QED) is 0.822. The average Bonchev–Trinajstić information content (AvgIpc) is 2.65. The standard InChI is InChI=1S/C18H22N2O4S/c1-4-12-19-25(22,23)17-13-14(10-11-16(17)24-3)18(21)20(2)15-8-6-5-7-9-15/h5-11,13,19H,4,12H2,1-3H3. The zero-order valence-corrected chi connectivity index (χ0v) is 15.3. The second kappa shape index (κ2) is 8.13. The van der Waals surface area contributed by atoms with Crippen molar-refractivity contribution in [3.63, 3.8) is 0 Å². The topological polar surface area (TPSA) is 75.7 Å². The van der Waals surface area contributed by atoms with Crippen LogP contribution in [0.15, 0.2) is 53.4 Å². The van der Waals surface area contributed by atoms with Crippen LogP contribution in [0.3, 0.4) is 0 Å². The van der Waals surface area contributed by atoms with Gasteiger partial charge in [0.15, 0.2) is 0 Å². The number of nitrogens with one attached hydrogen (secondary N) is 1. The van der Waals surface area contributed by atoms with E-state index in [9.17, 15) is 13.2 Å². The van der Waals surface area contributed by atoms with Crippen molar-refractivity contribution in [3.8, 4) is 5.75 Å². The third-order valence-corrected chi connectivity index (χ3v) is 5.17. The zero-order chi connectivity index (χ0) is 18.4. The van der Waals surface area contributed by atoms with Crippen molar-refractivity contribution >= 4 is 21.6 Å². The van der Waals surface area contributed by atoms with Gasteiger partial charge in [0.25, 0.3) is 5.91 Å². The van der Waals surface area contributed by atoms with Crippen molar-refractivity contribution in [2.45, 2.75) is 18.2 Å². The molecule has 0 aliphatic carbocycles. The van der Waals surface area contributed by atoms with E-state index in [-0.39, 0.29) is 22.1 Å². The van der Waals surface area contributed by atoms with Gasteiger partial charge in [0.05, 0.1) is 7.11 Å². The highest BCUT2D eigenvalue weighted by atomic mass is 32.2. The number of hydrogen-bond acceptors (Lipinski definition) is 4. The summed E-state index contributed by atoms with van der Waals surface area (Å²) in [6.45, 7) is 2.18. The SMILES string of the molecule is CCCNS(=O)(=O)c1cc(C(=O)N(C)c2ccccc2)ccc1OC. The molecule has 134 valence electrons. The molecular formula is C18H22N2O4S.